The number of ketones is 2. The second kappa shape index (κ2) is 20.1. The molecule has 3 fully saturated rings. The minimum absolute atomic E-state index is 0.0760. The zero-order valence-corrected chi connectivity index (χ0v) is 37.2. The fourth-order valence-corrected chi connectivity index (χ4v) is 8.47. The minimum Gasteiger partial charge on any atom is -0.300 e. The summed E-state index contributed by atoms with van der Waals surface area (Å²) in [4.78, 5) is 21.7. The molecule has 3 aliphatic rings. The third-order valence-corrected chi connectivity index (χ3v) is 13.5. The van der Waals surface area contributed by atoms with E-state index < -0.39 is 0 Å². The molecular formula is C41H50Br2Cl3IO2. The van der Waals surface area contributed by atoms with Crippen LogP contribution in [0.5, 0.6) is 0 Å². The number of halogens is 6. The standard InChI is InChI=1S/C15H19ClO.C13H16BrCl.C7H12O.C6H3BrClI/c1-9(2)12-6-13(7-12)14-5-4-11(10(3)17)8-15(14)16;1-8(2)9-5-10(6-9)12-4-3-11(14)7-13(12)15;1-5(2)6-3-7(8)4-6;7-4-1-2-6(9)5(8)3-4/h4-5,8-9,12-13H,6-7H2,1-3H3;3-4,7-10H,5-6H2,1-2H3;5-6H,3-4H2,1-2H3;1-3H. The first-order valence-corrected chi connectivity index (χ1v) is 21.1. The molecule has 0 atom stereocenters. The van der Waals surface area contributed by atoms with Crippen molar-refractivity contribution in [3.63, 3.8) is 0 Å². The van der Waals surface area contributed by atoms with Gasteiger partial charge >= 0.3 is 0 Å². The van der Waals surface area contributed by atoms with Crippen molar-refractivity contribution in [2.24, 2.45) is 35.5 Å². The molecule has 3 aromatic carbocycles. The van der Waals surface area contributed by atoms with E-state index in [0.717, 1.165) is 64.1 Å². The zero-order chi connectivity index (χ0) is 36.6. The number of hydrogen-bond donors (Lipinski definition) is 0. The Morgan fingerprint density at radius 3 is 1.39 bits per heavy atom. The molecule has 0 amide bonds. The van der Waals surface area contributed by atoms with Crippen molar-refractivity contribution in [3.8, 4) is 0 Å². The van der Waals surface area contributed by atoms with E-state index in [9.17, 15) is 9.59 Å². The molecular weight excluding hydrogens is 918 g/mol. The monoisotopic (exact) mass is 964 g/mol. The Hall–Kier alpha value is -0.440. The van der Waals surface area contributed by atoms with Crippen LogP contribution in [0.2, 0.25) is 15.1 Å². The summed E-state index contributed by atoms with van der Waals surface area (Å²) in [6.07, 6.45) is 6.76. The molecule has 0 spiro atoms. The summed E-state index contributed by atoms with van der Waals surface area (Å²) < 4.78 is 3.17. The number of benzene rings is 3. The van der Waals surface area contributed by atoms with Crippen molar-refractivity contribution >= 4 is 101 Å². The largest absolute Gasteiger partial charge is 0.300 e. The topological polar surface area (TPSA) is 34.1 Å². The first-order valence-electron chi connectivity index (χ1n) is 17.3. The number of rotatable bonds is 6. The third kappa shape index (κ3) is 13.2. The molecule has 3 saturated carbocycles. The van der Waals surface area contributed by atoms with Gasteiger partial charge in [0.2, 0.25) is 0 Å². The van der Waals surface area contributed by atoms with Crippen molar-refractivity contribution in [1.82, 2.24) is 0 Å². The van der Waals surface area contributed by atoms with Crippen LogP contribution in [0.15, 0.2) is 63.5 Å². The number of carbonyl (C=O) groups is 2. The fourth-order valence-electron chi connectivity index (χ4n) is 6.30. The average Bonchev–Trinajstić information content (AvgIpc) is 2.94. The highest BCUT2D eigenvalue weighted by atomic mass is 127. The molecule has 49 heavy (non-hydrogen) atoms. The van der Waals surface area contributed by atoms with Crippen LogP contribution in [-0.4, -0.2) is 11.6 Å². The summed E-state index contributed by atoms with van der Waals surface area (Å²) in [6, 6.07) is 17.8. The van der Waals surface area contributed by atoms with E-state index in [-0.39, 0.29) is 5.78 Å². The molecule has 3 aliphatic carbocycles. The Morgan fingerprint density at radius 1 is 0.653 bits per heavy atom. The van der Waals surface area contributed by atoms with Gasteiger partial charge in [0.25, 0.3) is 0 Å². The maximum Gasteiger partial charge on any atom is 0.159 e. The zero-order valence-electron chi connectivity index (χ0n) is 29.6. The van der Waals surface area contributed by atoms with E-state index in [1.165, 1.54) is 36.8 Å². The molecule has 0 aromatic heterocycles. The molecule has 0 N–H and O–H groups in total. The van der Waals surface area contributed by atoms with E-state index in [1.54, 1.807) is 6.92 Å². The Balaban J connectivity index is 0.000000185. The van der Waals surface area contributed by atoms with Gasteiger partial charge in [0, 0.05) is 41.0 Å². The molecule has 8 heteroatoms. The lowest BCUT2D eigenvalue weighted by atomic mass is 9.67. The van der Waals surface area contributed by atoms with Crippen molar-refractivity contribution in [1.29, 1.82) is 0 Å². The van der Waals surface area contributed by atoms with Gasteiger partial charge in [-0.15, -0.1) is 0 Å². The van der Waals surface area contributed by atoms with Gasteiger partial charge in [-0.3, -0.25) is 9.59 Å². The lowest BCUT2D eigenvalue weighted by molar-refractivity contribution is -0.128. The third-order valence-electron chi connectivity index (χ3n) is 10.3. The molecule has 2 nitrogen and oxygen atoms in total. The quantitative estimate of drug-likeness (QED) is 0.140. The van der Waals surface area contributed by atoms with E-state index in [4.69, 9.17) is 34.8 Å². The van der Waals surface area contributed by atoms with Crippen molar-refractivity contribution < 1.29 is 9.59 Å². The van der Waals surface area contributed by atoms with Gasteiger partial charge in [-0.05, 0) is 150 Å². The first kappa shape index (κ1) is 43.0. The number of carbonyl (C=O) groups excluding carboxylic acids is 2. The van der Waals surface area contributed by atoms with Gasteiger partial charge in [0.1, 0.15) is 5.78 Å². The van der Waals surface area contributed by atoms with Crippen molar-refractivity contribution in [3.05, 3.63) is 98.9 Å². The van der Waals surface area contributed by atoms with E-state index >= 15 is 0 Å². The van der Waals surface area contributed by atoms with Gasteiger partial charge in [-0.25, -0.2) is 0 Å². The molecule has 0 heterocycles. The van der Waals surface area contributed by atoms with Crippen LogP contribution in [0.3, 0.4) is 0 Å². The minimum atomic E-state index is 0.0760. The van der Waals surface area contributed by atoms with E-state index in [2.05, 4.69) is 108 Å². The SMILES string of the molecule is CC(=O)c1ccc(C2CC(C(C)C)C2)c(Cl)c1.CC(C)C1CC(=O)C1.CC(C)C1CC(c2ccc(Br)cc2Cl)C1.Clc1cc(Br)ccc1I. The van der Waals surface area contributed by atoms with Crippen LogP contribution in [-0.2, 0) is 4.79 Å². The highest BCUT2D eigenvalue weighted by Crippen LogP contribution is 2.48. The number of Topliss-reactive ketones (excluding diaryl/α,β-unsaturated/α-hetero) is 2. The summed E-state index contributed by atoms with van der Waals surface area (Å²) in [6.45, 7) is 15.1. The van der Waals surface area contributed by atoms with Crippen LogP contribution >= 0.6 is 89.3 Å². The van der Waals surface area contributed by atoms with Gasteiger partial charge in [0.05, 0.1) is 5.02 Å². The Kier molecular flexibility index (Phi) is 17.7. The first-order chi connectivity index (χ1) is 23.0. The van der Waals surface area contributed by atoms with Gasteiger partial charge < -0.3 is 0 Å². The molecule has 0 aliphatic heterocycles. The number of hydrogen-bond acceptors (Lipinski definition) is 2. The smallest absolute Gasteiger partial charge is 0.159 e. The van der Waals surface area contributed by atoms with Crippen molar-refractivity contribution in [2.75, 3.05) is 0 Å². The van der Waals surface area contributed by atoms with Crippen LogP contribution < -0.4 is 0 Å². The maximum atomic E-state index is 11.2. The molecule has 0 saturated heterocycles. The van der Waals surface area contributed by atoms with Crippen LogP contribution in [0.25, 0.3) is 0 Å². The molecule has 268 valence electrons. The lowest BCUT2D eigenvalue weighted by Crippen LogP contribution is -2.27. The summed E-state index contributed by atoms with van der Waals surface area (Å²) in [5.74, 6) is 6.55. The highest BCUT2D eigenvalue weighted by molar-refractivity contribution is 14.1. The summed E-state index contributed by atoms with van der Waals surface area (Å²) in [5.41, 5.74) is 3.25. The Morgan fingerprint density at radius 2 is 1.06 bits per heavy atom. The predicted octanol–water partition coefficient (Wildman–Crippen LogP) is 15.3. The van der Waals surface area contributed by atoms with Gasteiger partial charge in [-0.1, -0.05) is 126 Å². The Bertz CT molecular complexity index is 1550. The summed E-state index contributed by atoms with van der Waals surface area (Å²) in [5, 5.41) is 2.46. The molecule has 6 rings (SSSR count). The van der Waals surface area contributed by atoms with Crippen LogP contribution in [0.4, 0.5) is 0 Å². The summed E-state index contributed by atoms with van der Waals surface area (Å²) in [7, 11) is 0. The van der Waals surface area contributed by atoms with Gasteiger partial charge in [-0.2, -0.15) is 0 Å². The van der Waals surface area contributed by atoms with E-state index in [1.807, 2.05) is 42.5 Å². The maximum absolute atomic E-state index is 11.2. The predicted molar refractivity (Wildman–Crippen MR) is 226 cm³/mol. The molecule has 0 radical (unpaired) electrons. The van der Waals surface area contributed by atoms with Crippen molar-refractivity contribution in [2.45, 2.75) is 98.8 Å². The average molecular weight is 968 g/mol. The molecule has 3 aromatic rings. The van der Waals surface area contributed by atoms with Crippen LogP contribution in [0.1, 0.15) is 120 Å². The second-order valence-electron chi connectivity index (χ2n) is 14.8. The second-order valence-corrected chi connectivity index (χ2v) is 19.0. The Labute approximate surface area is 340 Å². The fraction of sp³-hybridized carbons (Fsp3) is 0.512. The highest BCUT2D eigenvalue weighted by Gasteiger charge is 2.34. The molecule has 0 bridgehead atoms. The van der Waals surface area contributed by atoms with Crippen LogP contribution in [0, 0.1) is 39.1 Å². The normalized spacial score (nSPS) is 21.3. The summed E-state index contributed by atoms with van der Waals surface area (Å²) >= 11 is 27.2. The lowest BCUT2D eigenvalue weighted by Gasteiger charge is -2.38. The molecule has 0 unspecified atom stereocenters. The van der Waals surface area contributed by atoms with Gasteiger partial charge in [0.15, 0.2) is 5.78 Å². The van der Waals surface area contributed by atoms with E-state index in [0.29, 0.717) is 35.0 Å².